The van der Waals surface area contributed by atoms with Crippen LogP contribution in [0.3, 0.4) is 0 Å². The molecule has 114 valence electrons. The molecular formula is C14H19N3O4. The number of benzene rings is 1. The Balaban J connectivity index is 2.07. The lowest BCUT2D eigenvalue weighted by molar-refractivity contribution is -0.385. The van der Waals surface area contributed by atoms with Crippen molar-refractivity contribution in [3.63, 3.8) is 0 Å². The number of hydrogen-bond acceptors (Lipinski definition) is 5. The number of methoxy groups -OCH3 is 1. The van der Waals surface area contributed by atoms with E-state index in [1.165, 1.54) is 19.2 Å². The fourth-order valence-electron chi connectivity index (χ4n) is 2.69. The lowest BCUT2D eigenvalue weighted by Crippen LogP contribution is -2.40. The van der Waals surface area contributed by atoms with E-state index >= 15 is 0 Å². The van der Waals surface area contributed by atoms with E-state index in [-0.39, 0.29) is 23.8 Å². The molecule has 1 saturated carbocycles. The van der Waals surface area contributed by atoms with Crippen molar-refractivity contribution in [2.24, 2.45) is 5.73 Å². The van der Waals surface area contributed by atoms with Crippen molar-refractivity contribution in [2.45, 2.75) is 37.6 Å². The second-order valence-corrected chi connectivity index (χ2v) is 5.44. The normalized spacial score (nSPS) is 16.5. The molecule has 1 aliphatic rings. The first-order chi connectivity index (χ1) is 9.93. The summed E-state index contributed by atoms with van der Waals surface area (Å²) >= 11 is 0. The maximum absolute atomic E-state index is 12.0. The van der Waals surface area contributed by atoms with E-state index in [9.17, 15) is 14.9 Å². The Morgan fingerprint density at radius 1 is 1.48 bits per heavy atom. The van der Waals surface area contributed by atoms with Gasteiger partial charge >= 0.3 is 5.69 Å². The van der Waals surface area contributed by atoms with Crippen LogP contribution in [-0.2, 0) is 4.79 Å². The van der Waals surface area contributed by atoms with E-state index in [2.05, 4.69) is 5.32 Å². The fraction of sp³-hybridized carbons (Fsp3) is 0.500. The van der Waals surface area contributed by atoms with Crippen LogP contribution in [0.15, 0.2) is 18.2 Å². The lowest BCUT2D eigenvalue weighted by atomic mass is 9.94. The molecule has 0 aromatic heterocycles. The van der Waals surface area contributed by atoms with Crippen LogP contribution in [0.2, 0.25) is 0 Å². The van der Waals surface area contributed by atoms with Crippen LogP contribution in [0.5, 0.6) is 5.75 Å². The van der Waals surface area contributed by atoms with Gasteiger partial charge in [-0.3, -0.25) is 14.9 Å². The van der Waals surface area contributed by atoms with E-state index in [0.717, 1.165) is 25.7 Å². The number of nitrogens with two attached hydrogens (primary N) is 1. The standard InChI is InChI=1S/C14H19N3O4/c1-21-12-5-4-10(8-11(12)17(19)20)16-13(18)9-14(15)6-2-3-7-14/h4-5,8H,2-3,6-7,9,15H2,1H3,(H,16,18). The molecule has 1 aliphatic carbocycles. The molecule has 0 bridgehead atoms. The molecule has 0 radical (unpaired) electrons. The Morgan fingerprint density at radius 2 is 2.14 bits per heavy atom. The molecule has 0 unspecified atom stereocenters. The van der Waals surface area contributed by atoms with Crippen LogP contribution in [0, 0.1) is 10.1 Å². The first kappa shape index (κ1) is 15.2. The predicted octanol–water partition coefficient (Wildman–Crippen LogP) is 2.20. The smallest absolute Gasteiger partial charge is 0.312 e. The zero-order valence-corrected chi connectivity index (χ0v) is 11.9. The minimum atomic E-state index is -0.546. The third kappa shape index (κ3) is 3.69. The average molecular weight is 293 g/mol. The number of amides is 1. The zero-order chi connectivity index (χ0) is 15.5. The number of hydrogen-bond donors (Lipinski definition) is 2. The number of anilines is 1. The Kier molecular flexibility index (Phi) is 4.42. The topological polar surface area (TPSA) is 107 Å². The first-order valence-electron chi connectivity index (χ1n) is 6.85. The van der Waals surface area contributed by atoms with E-state index < -0.39 is 10.5 Å². The summed E-state index contributed by atoms with van der Waals surface area (Å²) < 4.78 is 4.92. The largest absolute Gasteiger partial charge is 0.490 e. The second-order valence-electron chi connectivity index (χ2n) is 5.44. The minimum Gasteiger partial charge on any atom is -0.490 e. The second kappa shape index (κ2) is 6.09. The monoisotopic (exact) mass is 293 g/mol. The van der Waals surface area contributed by atoms with Gasteiger partial charge in [-0.15, -0.1) is 0 Å². The molecule has 0 saturated heterocycles. The van der Waals surface area contributed by atoms with Crippen molar-refractivity contribution in [2.75, 3.05) is 12.4 Å². The predicted molar refractivity (Wildman–Crippen MR) is 78.3 cm³/mol. The number of nitro benzene ring substituents is 1. The molecule has 1 fully saturated rings. The van der Waals surface area contributed by atoms with Crippen molar-refractivity contribution in [3.05, 3.63) is 28.3 Å². The maximum atomic E-state index is 12.0. The highest BCUT2D eigenvalue weighted by Gasteiger charge is 2.31. The van der Waals surface area contributed by atoms with Crippen LogP contribution in [-0.4, -0.2) is 23.5 Å². The molecule has 7 nitrogen and oxygen atoms in total. The number of carbonyl (C=O) groups is 1. The Hall–Kier alpha value is -2.15. The molecule has 3 N–H and O–H groups in total. The van der Waals surface area contributed by atoms with Gasteiger partial charge in [0.05, 0.1) is 12.0 Å². The number of nitro groups is 1. The average Bonchev–Trinajstić information content (AvgIpc) is 2.84. The Morgan fingerprint density at radius 3 is 2.71 bits per heavy atom. The maximum Gasteiger partial charge on any atom is 0.312 e. The number of nitrogens with zero attached hydrogens (tertiary/aromatic N) is 1. The molecule has 1 aromatic carbocycles. The quantitative estimate of drug-likeness (QED) is 0.639. The van der Waals surface area contributed by atoms with Gasteiger partial charge in [0.2, 0.25) is 5.91 Å². The molecule has 0 atom stereocenters. The summed E-state index contributed by atoms with van der Waals surface area (Å²) in [5, 5.41) is 13.6. The fourth-order valence-corrected chi connectivity index (χ4v) is 2.69. The van der Waals surface area contributed by atoms with Crippen molar-refractivity contribution in [1.82, 2.24) is 0 Å². The van der Waals surface area contributed by atoms with Crippen molar-refractivity contribution < 1.29 is 14.5 Å². The molecule has 2 rings (SSSR count). The molecule has 1 aromatic rings. The van der Waals surface area contributed by atoms with E-state index in [1.54, 1.807) is 6.07 Å². The van der Waals surface area contributed by atoms with Gasteiger partial charge < -0.3 is 15.8 Å². The van der Waals surface area contributed by atoms with Gasteiger partial charge in [-0.25, -0.2) is 0 Å². The van der Waals surface area contributed by atoms with Crippen LogP contribution in [0.25, 0.3) is 0 Å². The molecule has 0 heterocycles. The number of rotatable bonds is 5. The van der Waals surface area contributed by atoms with Crippen molar-refractivity contribution in [1.29, 1.82) is 0 Å². The summed E-state index contributed by atoms with van der Waals surface area (Å²) in [6.07, 6.45) is 3.98. The van der Waals surface area contributed by atoms with Crippen LogP contribution < -0.4 is 15.8 Å². The highest BCUT2D eigenvalue weighted by atomic mass is 16.6. The van der Waals surface area contributed by atoms with Crippen LogP contribution >= 0.6 is 0 Å². The van der Waals surface area contributed by atoms with Gasteiger partial charge in [0.25, 0.3) is 0 Å². The molecule has 0 spiro atoms. The summed E-state index contributed by atoms with van der Waals surface area (Å²) in [6.45, 7) is 0. The molecular weight excluding hydrogens is 274 g/mol. The summed E-state index contributed by atoms with van der Waals surface area (Å²) in [4.78, 5) is 22.4. The highest BCUT2D eigenvalue weighted by molar-refractivity contribution is 5.92. The molecule has 0 aliphatic heterocycles. The lowest BCUT2D eigenvalue weighted by Gasteiger charge is -2.22. The third-order valence-corrected chi connectivity index (χ3v) is 3.77. The Bertz CT molecular complexity index is 553. The summed E-state index contributed by atoms with van der Waals surface area (Å²) in [6, 6.07) is 4.32. The van der Waals surface area contributed by atoms with Gasteiger partial charge in [-0.2, -0.15) is 0 Å². The number of nitrogens with one attached hydrogen (secondary N) is 1. The zero-order valence-electron chi connectivity index (χ0n) is 11.9. The number of carbonyl (C=O) groups excluding carboxylic acids is 1. The van der Waals surface area contributed by atoms with Crippen LogP contribution in [0.1, 0.15) is 32.1 Å². The highest BCUT2D eigenvalue weighted by Crippen LogP contribution is 2.32. The van der Waals surface area contributed by atoms with Gasteiger partial charge in [0.15, 0.2) is 5.75 Å². The SMILES string of the molecule is COc1ccc(NC(=O)CC2(N)CCCC2)cc1[N+](=O)[O-]. The minimum absolute atomic E-state index is 0.157. The van der Waals surface area contributed by atoms with Crippen LogP contribution in [0.4, 0.5) is 11.4 Å². The summed E-state index contributed by atoms with van der Waals surface area (Å²) in [7, 11) is 1.36. The van der Waals surface area contributed by atoms with Gasteiger partial charge in [0.1, 0.15) is 0 Å². The number of ether oxygens (including phenoxy) is 1. The van der Waals surface area contributed by atoms with E-state index in [0.29, 0.717) is 5.69 Å². The molecule has 1 amide bonds. The first-order valence-corrected chi connectivity index (χ1v) is 6.85. The van der Waals surface area contributed by atoms with E-state index in [1.807, 2.05) is 0 Å². The molecule has 7 heteroatoms. The van der Waals surface area contributed by atoms with Gasteiger partial charge in [-0.05, 0) is 25.0 Å². The van der Waals surface area contributed by atoms with E-state index in [4.69, 9.17) is 10.5 Å². The van der Waals surface area contributed by atoms with Gasteiger partial charge in [-0.1, -0.05) is 12.8 Å². The summed E-state index contributed by atoms with van der Waals surface area (Å²) in [5.74, 6) is -0.0667. The summed E-state index contributed by atoms with van der Waals surface area (Å²) in [5.41, 5.74) is 5.89. The third-order valence-electron chi connectivity index (χ3n) is 3.77. The van der Waals surface area contributed by atoms with Gasteiger partial charge in [0, 0.05) is 23.7 Å². The van der Waals surface area contributed by atoms with Crippen molar-refractivity contribution >= 4 is 17.3 Å². The molecule has 21 heavy (non-hydrogen) atoms. The Labute approximate surface area is 122 Å². The van der Waals surface area contributed by atoms with Crippen molar-refractivity contribution in [3.8, 4) is 5.75 Å².